The quantitative estimate of drug-likeness (QED) is 0.334. The first-order valence-corrected chi connectivity index (χ1v) is 12.0. The number of rotatable bonds is 7. The molecule has 1 aromatic carbocycles. The van der Waals surface area contributed by atoms with Crippen LogP contribution < -0.4 is 0 Å². The molecule has 0 saturated heterocycles. The highest BCUT2D eigenvalue weighted by molar-refractivity contribution is 5.36. The zero-order chi connectivity index (χ0) is 19.6. The molecule has 3 rings (SSSR count). The minimum Gasteiger partial charge on any atom is -0.103 e. The smallest absolute Gasteiger partial charge is 0.0245 e. The van der Waals surface area contributed by atoms with Gasteiger partial charge in [-0.05, 0) is 86.8 Å². The predicted molar refractivity (Wildman–Crippen MR) is 122 cm³/mol. The Morgan fingerprint density at radius 2 is 1.46 bits per heavy atom. The second kappa shape index (κ2) is 11.5. The van der Waals surface area contributed by atoms with Gasteiger partial charge < -0.3 is 0 Å². The molecule has 0 heteroatoms. The number of benzene rings is 1. The zero-order valence-corrected chi connectivity index (χ0v) is 18.1. The molecule has 0 unspecified atom stereocenters. The van der Waals surface area contributed by atoms with Crippen LogP contribution in [0.2, 0.25) is 0 Å². The van der Waals surface area contributed by atoms with Crippen molar-refractivity contribution < 1.29 is 0 Å². The van der Waals surface area contributed by atoms with Crippen LogP contribution in [0.5, 0.6) is 0 Å². The summed E-state index contributed by atoms with van der Waals surface area (Å²) in [5, 5.41) is 0. The van der Waals surface area contributed by atoms with Crippen LogP contribution in [0.15, 0.2) is 36.9 Å². The van der Waals surface area contributed by atoms with Gasteiger partial charge in [0.15, 0.2) is 0 Å². The molecule has 0 atom stereocenters. The molecular formula is C28H40. The number of allylic oxidation sites excluding steroid dienone is 1. The predicted octanol–water partition coefficient (Wildman–Crippen LogP) is 7.96. The first-order chi connectivity index (χ1) is 13.8. The Bertz CT molecular complexity index is 625. The van der Waals surface area contributed by atoms with E-state index in [1.165, 1.54) is 94.6 Å². The molecule has 2 saturated carbocycles. The van der Waals surface area contributed by atoms with E-state index in [0.29, 0.717) is 5.92 Å². The van der Waals surface area contributed by atoms with E-state index in [4.69, 9.17) is 0 Å². The maximum Gasteiger partial charge on any atom is 0.0245 e. The van der Waals surface area contributed by atoms with Gasteiger partial charge in [0.1, 0.15) is 0 Å². The summed E-state index contributed by atoms with van der Waals surface area (Å²) in [6.45, 7) is 6.19. The largest absolute Gasteiger partial charge is 0.103 e. The van der Waals surface area contributed by atoms with Crippen molar-refractivity contribution in [2.45, 2.75) is 90.4 Å². The monoisotopic (exact) mass is 376 g/mol. The molecule has 0 aliphatic heterocycles. The standard InChI is InChI=1S/C28H40/c1-3-5-6-24-11-13-26(14-12-24)17-18-28-21-19-27(20-22-28)16-15-25-9-7-23(4-2)8-10-25/h3,19-26H,1,4-14,17-18H2,2H3/t23-,24-,25-,26-. The SMILES string of the molecule is C=CCC[C@H]1CC[C@H](CCc2ccc(C#C[C@H]3CC[C@H](CC)CC3)cc2)CC1. The van der Waals surface area contributed by atoms with Crippen molar-refractivity contribution in [3.05, 3.63) is 48.0 Å². The van der Waals surface area contributed by atoms with Crippen LogP contribution in [0, 0.1) is 35.5 Å². The summed E-state index contributed by atoms with van der Waals surface area (Å²) in [5.41, 5.74) is 2.69. The highest BCUT2D eigenvalue weighted by Crippen LogP contribution is 2.34. The van der Waals surface area contributed by atoms with Crippen molar-refractivity contribution in [3.8, 4) is 11.8 Å². The summed E-state index contributed by atoms with van der Waals surface area (Å²) in [6.07, 6.45) is 19.7. The van der Waals surface area contributed by atoms with Gasteiger partial charge in [-0.15, -0.1) is 6.58 Å². The maximum absolute atomic E-state index is 3.86. The molecule has 2 fully saturated rings. The maximum atomic E-state index is 3.86. The summed E-state index contributed by atoms with van der Waals surface area (Å²) >= 11 is 0. The van der Waals surface area contributed by atoms with Crippen LogP contribution in [0.4, 0.5) is 0 Å². The van der Waals surface area contributed by atoms with Crippen molar-refractivity contribution in [2.75, 3.05) is 0 Å². The molecule has 0 radical (unpaired) electrons. The summed E-state index contributed by atoms with van der Waals surface area (Å²) < 4.78 is 0. The van der Waals surface area contributed by atoms with Gasteiger partial charge in [0.25, 0.3) is 0 Å². The Hall–Kier alpha value is -1.48. The van der Waals surface area contributed by atoms with E-state index in [9.17, 15) is 0 Å². The van der Waals surface area contributed by atoms with Crippen molar-refractivity contribution >= 4 is 0 Å². The van der Waals surface area contributed by atoms with E-state index >= 15 is 0 Å². The number of aryl methyl sites for hydroxylation is 1. The Kier molecular flexibility index (Phi) is 8.72. The zero-order valence-electron chi connectivity index (χ0n) is 18.1. The van der Waals surface area contributed by atoms with Crippen molar-refractivity contribution in [1.29, 1.82) is 0 Å². The van der Waals surface area contributed by atoms with Crippen LogP contribution >= 0.6 is 0 Å². The molecule has 152 valence electrons. The minimum absolute atomic E-state index is 0.629. The van der Waals surface area contributed by atoms with Crippen LogP contribution in [0.25, 0.3) is 0 Å². The average Bonchev–Trinajstić information content (AvgIpc) is 2.76. The van der Waals surface area contributed by atoms with Crippen molar-refractivity contribution in [2.24, 2.45) is 23.7 Å². The first-order valence-electron chi connectivity index (χ1n) is 12.0. The van der Waals surface area contributed by atoms with Gasteiger partial charge >= 0.3 is 0 Å². The van der Waals surface area contributed by atoms with Gasteiger partial charge in [-0.2, -0.15) is 0 Å². The van der Waals surface area contributed by atoms with Gasteiger partial charge in [-0.25, -0.2) is 0 Å². The van der Waals surface area contributed by atoms with E-state index in [2.05, 4.69) is 55.7 Å². The van der Waals surface area contributed by atoms with Crippen LogP contribution in [-0.2, 0) is 6.42 Å². The molecule has 1 aromatic rings. The third-order valence-corrected chi connectivity index (χ3v) is 7.39. The fourth-order valence-corrected chi connectivity index (χ4v) is 5.19. The topological polar surface area (TPSA) is 0 Å². The number of hydrogen-bond acceptors (Lipinski definition) is 0. The minimum atomic E-state index is 0.629. The molecule has 2 aliphatic rings. The van der Waals surface area contributed by atoms with Gasteiger partial charge in [-0.1, -0.05) is 69.1 Å². The molecule has 0 heterocycles. The molecule has 28 heavy (non-hydrogen) atoms. The van der Waals surface area contributed by atoms with E-state index in [1.807, 2.05) is 0 Å². The third-order valence-electron chi connectivity index (χ3n) is 7.39. The molecule has 0 spiro atoms. The van der Waals surface area contributed by atoms with Crippen molar-refractivity contribution in [3.63, 3.8) is 0 Å². The van der Waals surface area contributed by atoms with Gasteiger partial charge in [0, 0.05) is 11.5 Å². The van der Waals surface area contributed by atoms with E-state index in [-0.39, 0.29) is 0 Å². The van der Waals surface area contributed by atoms with E-state index < -0.39 is 0 Å². The summed E-state index contributed by atoms with van der Waals surface area (Å²) in [5.74, 6) is 10.5. The molecule has 2 aliphatic carbocycles. The molecule has 0 bridgehead atoms. The molecule has 0 nitrogen and oxygen atoms in total. The highest BCUT2D eigenvalue weighted by Gasteiger charge is 2.20. The fourth-order valence-electron chi connectivity index (χ4n) is 5.19. The second-order valence-electron chi connectivity index (χ2n) is 9.38. The van der Waals surface area contributed by atoms with Crippen LogP contribution in [-0.4, -0.2) is 0 Å². The highest BCUT2D eigenvalue weighted by atomic mass is 14.3. The Morgan fingerprint density at radius 1 is 0.857 bits per heavy atom. The summed E-state index contributed by atoms with van der Waals surface area (Å²) in [4.78, 5) is 0. The van der Waals surface area contributed by atoms with Crippen LogP contribution in [0.1, 0.15) is 95.1 Å². The Balaban J connectivity index is 1.38. The fraction of sp³-hybridized carbons (Fsp3) is 0.643. The molecule has 0 amide bonds. The molecule has 0 N–H and O–H groups in total. The molecular weight excluding hydrogens is 336 g/mol. The lowest BCUT2D eigenvalue weighted by Gasteiger charge is -2.28. The van der Waals surface area contributed by atoms with Crippen molar-refractivity contribution in [1.82, 2.24) is 0 Å². The second-order valence-corrected chi connectivity index (χ2v) is 9.38. The summed E-state index contributed by atoms with van der Waals surface area (Å²) in [7, 11) is 0. The normalized spacial score (nSPS) is 27.6. The summed E-state index contributed by atoms with van der Waals surface area (Å²) in [6, 6.07) is 9.11. The lowest BCUT2D eigenvalue weighted by Crippen LogP contribution is -2.15. The Labute approximate surface area is 174 Å². The van der Waals surface area contributed by atoms with Crippen LogP contribution in [0.3, 0.4) is 0 Å². The number of hydrogen-bond donors (Lipinski definition) is 0. The first kappa shape index (κ1) is 21.2. The Morgan fingerprint density at radius 3 is 2.07 bits per heavy atom. The lowest BCUT2D eigenvalue weighted by atomic mass is 9.78. The lowest BCUT2D eigenvalue weighted by molar-refractivity contribution is 0.254. The molecule has 0 aromatic heterocycles. The third kappa shape index (κ3) is 6.84. The van der Waals surface area contributed by atoms with E-state index in [0.717, 1.165) is 17.8 Å². The van der Waals surface area contributed by atoms with Gasteiger partial charge in [0.05, 0.1) is 0 Å². The average molecular weight is 377 g/mol. The van der Waals surface area contributed by atoms with Gasteiger partial charge in [-0.3, -0.25) is 0 Å². The van der Waals surface area contributed by atoms with E-state index in [1.54, 1.807) is 0 Å². The van der Waals surface area contributed by atoms with Gasteiger partial charge in [0.2, 0.25) is 0 Å².